The molecule has 6 heteroatoms. The van der Waals surface area contributed by atoms with Gasteiger partial charge in [0.2, 0.25) is 0 Å². The van der Waals surface area contributed by atoms with Crippen molar-refractivity contribution in [2.24, 2.45) is 5.73 Å². The summed E-state index contributed by atoms with van der Waals surface area (Å²) in [6, 6.07) is 0. The summed E-state index contributed by atoms with van der Waals surface area (Å²) in [4.78, 5) is 0. The molecule has 0 saturated carbocycles. The minimum absolute atomic E-state index is 0.142. The van der Waals surface area contributed by atoms with Crippen LogP contribution in [0.1, 0.15) is 41.5 Å². The van der Waals surface area contributed by atoms with Gasteiger partial charge in [-0.1, -0.05) is 0 Å². The van der Waals surface area contributed by atoms with Crippen LogP contribution in [0.5, 0.6) is 0 Å². The molecule has 16 heavy (non-hydrogen) atoms. The zero-order valence-electron chi connectivity index (χ0n) is 11.1. The first-order valence-corrected chi connectivity index (χ1v) is 6.80. The molecule has 0 rings (SSSR count). The van der Waals surface area contributed by atoms with Crippen LogP contribution in [0, 0.1) is 0 Å². The van der Waals surface area contributed by atoms with E-state index in [9.17, 15) is 4.57 Å². The number of hydrogen-bond donors (Lipinski definition) is 1. The summed E-state index contributed by atoms with van der Waals surface area (Å²) in [6.45, 7) is 11.1. The lowest BCUT2D eigenvalue weighted by Crippen LogP contribution is -2.25. The zero-order chi connectivity index (χ0) is 13.0. The molecule has 0 aliphatic carbocycles. The molecule has 0 aromatic carbocycles. The number of phosphoric ester groups is 1. The van der Waals surface area contributed by atoms with Crippen molar-refractivity contribution in [2.45, 2.75) is 52.7 Å². The zero-order valence-corrected chi connectivity index (χ0v) is 12.0. The van der Waals surface area contributed by atoms with Crippen LogP contribution in [0.25, 0.3) is 0 Å². The first kappa shape index (κ1) is 16.1. The summed E-state index contributed by atoms with van der Waals surface area (Å²) in [5.74, 6) is 0. The maximum Gasteiger partial charge on any atom is 0.475 e. The third-order valence-electron chi connectivity index (χ3n) is 1.14. The van der Waals surface area contributed by atoms with Gasteiger partial charge >= 0.3 is 7.82 Å². The summed E-state index contributed by atoms with van der Waals surface area (Å²) in [5.41, 5.74) is 4.10. The van der Waals surface area contributed by atoms with Gasteiger partial charge in [0, 0.05) is 6.54 Å². The first-order valence-electron chi connectivity index (χ1n) is 5.34. The molecule has 5 nitrogen and oxygen atoms in total. The third-order valence-corrected chi connectivity index (χ3v) is 3.18. The Morgan fingerprint density at radius 2 is 1.38 bits per heavy atom. The molecular weight excluding hydrogens is 229 g/mol. The highest BCUT2D eigenvalue weighted by Crippen LogP contribution is 2.55. The van der Waals surface area contributed by atoms with Gasteiger partial charge in [-0.2, -0.15) is 0 Å². The Morgan fingerprint density at radius 1 is 1.00 bits per heavy atom. The first-order chi connectivity index (χ1) is 6.97. The standard InChI is InChI=1S/C10H24NO4P/c1-9(2,3)14-16(12,13-8-7-11)15-10(4,5)6/h7-8,11H2,1-6H3. The topological polar surface area (TPSA) is 70.8 Å². The molecule has 2 N–H and O–H groups in total. The summed E-state index contributed by atoms with van der Waals surface area (Å²) >= 11 is 0. The Morgan fingerprint density at radius 3 is 1.62 bits per heavy atom. The predicted octanol–water partition coefficient (Wildman–Crippen LogP) is 2.70. The van der Waals surface area contributed by atoms with Gasteiger partial charge in [-0.3, -0.25) is 13.6 Å². The smallest absolute Gasteiger partial charge is 0.328 e. The van der Waals surface area contributed by atoms with Gasteiger partial charge in [0.25, 0.3) is 0 Å². The Bertz CT molecular complexity index is 235. The normalized spacial score (nSPS) is 14.2. The van der Waals surface area contributed by atoms with Crippen LogP contribution < -0.4 is 5.73 Å². The van der Waals surface area contributed by atoms with E-state index in [4.69, 9.17) is 19.3 Å². The predicted molar refractivity (Wildman–Crippen MR) is 64.3 cm³/mol. The lowest BCUT2D eigenvalue weighted by Gasteiger charge is -2.30. The second kappa shape index (κ2) is 5.61. The van der Waals surface area contributed by atoms with Crippen LogP contribution in [0.4, 0.5) is 0 Å². The molecule has 0 amide bonds. The Hall–Kier alpha value is 0.0700. The highest BCUT2D eigenvalue weighted by molar-refractivity contribution is 7.48. The molecule has 0 heterocycles. The summed E-state index contributed by atoms with van der Waals surface area (Å²) in [7, 11) is -3.56. The molecule has 0 fully saturated rings. The van der Waals surface area contributed by atoms with Crippen LogP contribution >= 0.6 is 7.82 Å². The molecule has 98 valence electrons. The van der Waals surface area contributed by atoms with E-state index in [1.54, 1.807) is 41.5 Å². The second-order valence-electron chi connectivity index (χ2n) is 5.48. The summed E-state index contributed by atoms with van der Waals surface area (Å²) in [5, 5.41) is 0. The van der Waals surface area contributed by atoms with Gasteiger partial charge in [-0.25, -0.2) is 4.57 Å². The van der Waals surface area contributed by atoms with Gasteiger partial charge in [0.1, 0.15) is 0 Å². The van der Waals surface area contributed by atoms with Crippen molar-refractivity contribution in [2.75, 3.05) is 13.2 Å². The molecule has 0 spiro atoms. The Kier molecular flexibility index (Phi) is 5.63. The van der Waals surface area contributed by atoms with Crippen molar-refractivity contribution >= 4 is 7.82 Å². The minimum Gasteiger partial charge on any atom is -0.328 e. The van der Waals surface area contributed by atoms with Crippen LogP contribution in [0.3, 0.4) is 0 Å². The molecule has 0 aliphatic rings. The monoisotopic (exact) mass is 253 g/mol. The average molecular weight is 253 g/mol. The van der Waals surface area contributed by atoms with Crippen molar-refractivity contribution in [1.82, 2.24) is 0 Å². The largest absolute Gasteiger partial charge is 0.475 e. The quantitative estimate of drug-likeness (QED) is 0.763. The maximum atomic E-state index is 12.3. The number of hydrogen-bond acceptors (Lipinski definition) is 5. The molecule has 0 unspecified atom stereocenters. The van der Waals surface area contributed by atoms with E-state index in [0.29, 0.717) is 0 Å². The second-order valence-corrected chi connectivity index (χ2v) is 6.99. The fourth-order valence-corrected chi connectivity index (χ4v) is 2.72. The van der Waals surface area contributed by atoms with E-state index in [-0.39, 0.29) is 13.2 Å². The molecule has 0 radical (unpaired) electrons. The van der Waals surface area contributed by atoms with Gasteiger partial charge in [-0.05, 0) is 41.5 Å². The average Bonchev–Trinajstić information content (AvgIpc) is 1.93. The molecule has 0 aliphatic heterocycles. The van der Waals surface area contributed by atoms with Crippen molar-refractivity contribution in [3.05, 3.63) is 0 Å². The fourth-order valence-electron chi connectivity index (χ4n) is 0.907. The Balaban J connectivity index is 4.69. The maximum absolute atomic E-state index is 12.3. The fraction of sp³-hybridized carbons (Fsp3) is 1.00. The van der Waals surface area contributed by atoms with Gasteiger partial charge in [0.15, 0.2) is 0 Å². The summed E-state index contributed by atoms with van der Waals surface area (Å²) < 4.78 is 28.1. The molecular formula is C10H24NO4P. The molecule has 0 saturated heterocycles. The molecule has 0 bridgehead atoms. The highest BCUT2D eigenvalue weighted by atomic mass is 31.2. The van der Waals surface area contributed by atoms with Crippen LogP contribution in [-0.2, 0) is 18.1 Å². The van der Waals surface area contributed by atoms with Gasteiger partial charge in [-0.15, -0.1) is 0 Å². The summed E-state index contributed by atoms with van der Waals surface area (Å²) in [6.07, 6.45) is 0. The van der Waals surface area contributed by atoms with E-state index in [1.807, 2.05) is 0 Å². The van der Waals surface area contributed by atoms with E-state index >= 15 is 0 Å². The van der Waals surface area contributed by atoms with Crippen LogP contribution in [0.2, 0.25) is 0 Å². The third kappa shape index (κ3) is 8.25. The minimum atomic E-state index is -3.56. The van der Waals surface area contributed by atoms with E-state index < -0.39 is 19.0 Å². The van der Waals surface area contributed by atoms with Crippen LogP contribution in [-0.4, -0.2) is 24.4 Å². The number of rotatable bonds is 5. The lowest BCUT2D eigenvalue weighted by atomic mass is 10.2. The van der Waals surface area contributed by atoms with Crippen molar-refractivity contribution in [1.29, 1.82) is 0 Å². The highest BCUT2D eigenvalue weighted by Gasteiger charge is 2.36. The molecule has 0 atom stereocenters. The SMILES string of the molecule is CC(C)(C)OP(=O)(OCCN)OC(C)(C)C. The molecule has 0 aromatic rings. The van der Waals surface area contributed by atoms with Crippen LogP contribution in [0.15, 0.2) is 0 Å². The van der Waals surface area contributed by atoms with Crippen molar-refractivity contribution in [3.63, 3.8) is 0 Å². The van der Waals surface area contributed by atoms with E-state index in [0.717, 1.165) is 0 Å². The Labute approximate surface area is 98.3 Å². The van der Waals surface area contributed by atoms with Crippen molar-refractivity contribution in [3.8, 4) is 0 Å². The lowest BCUT2D eigenvalue weighted by molar-refractivity contribution is 0.00431. The molecule has 0 aromatic heterocycles. The van der Waals surface area contributed by atoms with Crippen molar-refractivity contribution < 1.29 is 18.1 Å². The number of nitrogens with two attached hydrogens (primary N) is 1. The van der Waals surface area contributed by atoms with E-state index in [1.165, 1.54) is 0 Å². The van der Waals surface area contributed by atoms with E-state index in [2.05, 4.69) is 0 Å². The number of phosphoric acid groups is 1. The van der Waals surface area contributed by atoms with Gasteiger partial charge in [0.05, 0.1) is 17.8 Å². The van der Waals surface area contributed by atoms with Gasteiger partial charge < -0.3 is 5.73 Å².